The lowest BCUT2D eigenvalue weighted by Gasteiger charge is -2.55. The number of aromatic amines is 1. The molecule has 5 aliphatic heterocycles. The maximum atomic E-state index is 14.7. The molecule has 2 bridgehead atoms. The Morgan fingerprint density at radius 3 is 2.27 bits per heavy atom. The number of nitrogens with one attached hydrogen (secondary N) is 4. The van der Waals surface area contributed by atoms with Crippen molar-refractivity contribution in [2.75, 3.05) is 90.0 Å². The second-order valence-corrected chi connectivity index (χ2v) is 18.8. The molecule has 1 aromatic carbocycles. The van der Waals surface area contributed by atoms with E-state index < -0.39 is 22.6 Å². The van der Waals surface area contributed by atoms with Crippen molar-refractivity contribution in [1.82, 2.24) is 45.6 Å². The number of aromatic nitrogens is 3. The van der Waals surface area contributed by atoms with Gasteiger partial charge in [-0.15, -0.1) is 0 Å². The van der Waals surface area contributed by atoms with E-state index in [1.807, 2.05) is 57.3 Å². The highest BCUT2D eigenvalue weighted by Gasteiger charge is 2.55. The number of rotatable bonds is 11. The van der Waals surface area contributed by atoms with Crippen LogP contribution in [-0.2, 0) is 19.1 Å². The van der Waals surface area contributed by atoms with Gasteiger partial charge in [-0.3, -0.25) is 19.4 Å². The Hall–Kier alpha value is -4.02. The monoisotopic (exact) mass is 832 g/mol. The maximum Gasteiger partial charge on any atom is 0.408 e. The van der Waals surface area contributed by atoms with Gasteiger partial charge in [0.2, 0.25) is 11.8 Å². The zero-order valence-electron chi connectivity index (χ0n) is 34.9. The first kappa shape index (κ1) is 41.7. The van der Waals surface area contributed by atoms with E-state index >= 15 is 0 Å². The molecule has 0 unspecified atom stereocenters. The van der Waals surface area contributed by atoms with E-state index in [2.05, 4.69) is 50.5 Å². The fourth-order valence-electron chi connectivity index (χ4n) is 9.77. The van der Waals surface area contributed by atoms with E-state index in [-0.39, 0.29) is 23.5 Å². The van der Waals surface area contributed by atoms with Gasteiger partial charge in [0.1, 0.15) is 28.9 Å². The highest BCUT2D eigenvalue weighted by Crippen LogP contribution is 2.50. The van der Waals surface area contributed by atoms with Crippen LogP contribution in [0.2, 0.25) is 5.02 Å². The molecule has 0 radical (unpaired) electrons. The topological polar surface area (TPSA) is 160 Å². The van der Waals surface area contributed by atoms with Crippen molar-refractivity contribution in [3.8, 4) is 0 Å². The molecule has 16 heteroatoms. The van der Waals surface area contributed by atoms with Crippen LogP contribution in [0.4, 0.5) is 10.6 Å². The summed E-state index contributed by atoms with van der Waals surface area (Å²) in [7, 11) is 0. The van der Waals surface area contributed by atoms with Crippen LogP contribution < -0.4 is 20.9 Å². The molecule has 6 aliphatic rings. The molecular formula is C43H61ClN10O5. The van der Waals surface area contributed by atoms with E-state index in [4.69, 9.17) is 21.1 Å². The average molecular weight is 833 g/mol. The minimum absolute atomic E-state index is 0.107. The van der Waals surface area contributed by atoms with Crippen LogP contribution in [0.15, 0.2) is 42.9 Å². The first-order valence-electron chi connectivity index (χ1n) is 21.5. The zero-order valence-corrected chi connectivity index (χ0v) is 35.6. The minimum atomic E-state index is -1.22. The van der Waals surface area contributed by atoms with E-state index in [0.29, 0.717) is 57.1 Å². The second kappa shape index (κ2) is 17.2. The third kappa shape index (κ3) is 9.34. The number of halogens is 1. The van der Waals surface area contributed by atoms with Gasteiger partial charge in [-0.05, 0) is 89.5 Å². The second-order valence-electron chi connectivity index (χ2n) is 18.4. The summed E-state index contributed by atoms with van der Waals surface area (Å²) < 4.78 is 12.3. The van der Waals surface area contributed by atoms with E-state index in [0.717, 1.165) is 100 Å². The number of H-pyrrole nitrogens is 1. The summed E-state index contributed by atoms with van der Waals surface area (Å²) >= 11 is 6.32. The number of alkyl carbamates (subject to hydrolysis) is 1. The molecule has 320 valence electrons. The summed E-state index contributed by atoms with van der Waals surface area (Å²) in [5.41, 5.74) is -0.786. The van der Waals surface area contributed by atoms with Crippen LogP contribution >= 0.6 is 11.6 Å². The fraction of sp³-hybridized carbons (Fsp3) is 0.651. The molecule has 7 heterocycles. The largest absolute Gasteiger partial charge is 0.444 e. The number of carbonyl (C=O) groups is 3. The summed E-state index contributed by atoms with van der Waals surface area (Å²) in [6.07, 6.45) is 7.78. The number of anilines is 1. The summed E-state index contributed by atoms with van der Waals surface area (Å²) in [5, 5.41) is 11.3. The summed E-state index contributed by atoms with van der Waals surface area (Å²) in [4.78, 5) is 63.3. The lowest BCUT2D eigenvalue weighted by molar-refractivity contribution is -0.202. The Labute approximate surface area is 352 Å². The van der Waals surface area contributed by atoms with Crippen LogP contribution in [0.5, 0.6) is 0 Å². The predicted molar refractivity (Wildman–Crippen MR) is 226 cm³/mol. The first-order chi connectivity index (χ1) is 28.3. The van der Waals surface area contributed by atoms with Crippen molar-refractivity contribution in [2.45, 2.75) is 88.5 Å². The molecule has 5 saturated heterocycles. The van der Waals surface area contributed by atoms with Crippen LogP contribution in [0, 0.1) is 5.41 Å². The van der Waals surface area contributed by atoms with Gasteiger partial charge in [-0.1, -0.05) is 23.7 Å². The Morgan fingerprint density at radius 1 is 0.898 bits per heavy atom. The van der Waals surface area contributed by atoms with Gasteiger partial charge in [-0.25, -0.2) is 14.8 Å². The van der Waals surface area contributed by atoms with Crippen molar-refractivity contribution in [3.05, 3.63) is 53.4 Å². The summed E-state index contributed by atoms with van der Waals surface area (Å²) in [6, 6.07) is 9.18. The Balaban J connectivity index is 0.901. The number of amides is 3. The zero-order chi connectivity index (χ0) is 41.3. The maximum absolute atomic E-state index is 14.7. The Morgan fingerprint density at radius 2 is 1.61 bits per heavy atom. The highest BCUT2D eigenvalue weighted by molar-refractivity contribution is 6.30. The van der Waals surface area contributed by atoms with Gasteiger partial charge in [0.25, 0.3) is 0 Å². The van der Waals surface area contributed by atoms with Crippen LogP contribution in [0.25, 0.3) is 11.0 Å². The number of ether oxygens (including phenoxy) is 2. The molecular weight excluding hydrogens is 772 g/mol. The molecule has 9 rings (SSSR count). The molecule has 6 fully saturated rings. The highest BCUT2D eigenvalue weighted by atomic mass is 35.5. The fourth-order valence-corrected chi connectivity index (χ4v) is 9.90. The van der Waals surface area contributed by atoms with Gasteiger partial charge in [0.15, 0.2) is 0 Å². The number of piperidine rings is 1. The normalized spacial score (nSPS) is 25.8. The average Bonchev–Trinajstić information content (AvgIpc) is 3.73. The molecule has 15 nitrogen and oxygen atoms in total. The molecule has 4 N–H and O–H groups in total. The number of hydrogen-bond donors (Lipinski definition) is 4. The lowest BCUT2D eigenvalue weighted by Crippen LogP contribution is -2.64. The van der Waals surface area contributed by atoms with Gasteiger partial charge in [-0.2, -0.15) is 0 Å². The van der Waals surface area contributed by atoms with E-state index in [1.54, 1.807) is 0 Å². The van der Waals surface area contributed by atoms with Gasteiger partial charge < -0.3 is 40.2 Å². The SMILES string of the molecule is CC(C)(C)OC(=O)NC1(C(=O)N[C@@H](CCN2CCN(C(=O)C34CCC(CN5CCNCC5)(CC3)OC4)CC2)c2ccc(Cl)cc2)CCN(c2ncnc3[nH]ccc23)CC1. The van der Waals surface area contributed by atoms with Crippen LogP contribution in [0.1, 0.15) is 77.3 Å². The van der Waals surface area contributed by atoms with E-state index in [9.17, 15) is 14.4 Å². The van der Waals surface area contributed by atoms with Gasteiger partial charge in [0.05, 0.1) is 29.1 Å². The van der Waals surface area contributed by atoms with Crippen molar-refractivity contribution >= 4 is 46.4 Å². The summed E-state index contributed by atoms with van der Waals surface area (Å²) in [6.45, 7) is 15.6. The van der Waals surface area contributed by atoms with Crippen molar-refractivity contribution < 1.29 is 23.9 Å². The Bertz CT molecular complexity index is 1920. The lowest BCUT2D eigenvalue weighted by atomic mass is 9.65. The quantitative estimate of drug-likeness (QED) is 0.221. The third-order valence-electron chi connectivity index (χ3n) is 13.3. The van der Waals surface area contributed by atoms with Gasteiger partial charge in [0, 0.05) is 89.8 Å². The Kier molecular flexibility index (Phi) is 12.1. The number of piperazine rings is 2. The predicted octanol–water partition coefficient (Wildman–Crippen LogP) is 4.10. The smallest absolute Gasteiger partial charge is 0.408 e. The number of nitrogens with zero attached hydrogens (tertiary/aromatic N) is 6. The number of fused-ring (bicyclic) bond motifs is 4. The van der Waals surface area contributed by atoms with E-state index in [1.165, 1.54) is 6.33 Å². The van der Waals surface area contributed by atoms with Crippen LogP contribution in [0.3, 0.4) is 0 Å². The van der Waals surface area contributed by atoms with Gasteiger partial charge >= 0.3 is 6.09 Å². The molecule has 1 atom stereocenters. The van der Waals surface area contributed by atoms with Crippen molar-refractivity contribution in [3.63, 3.8) is 0 Å². The molecule has 0 spiro atoms. The number of hydrogen-bond acceptors (Lipinski definition) is 11. The van der Waals surface area contributed by atoms with Crippen LogP contribution in [-0.4, -0.2) is 149 Å². The number of carbonyl (C=O) groups excluding carboxylic acids is 3. The minimum Gasteiger partial charge on any atom is -0.444 e. The standard InChI is InChI=1S/C43H61ClN10O5/c1-40(2,3)59-39(57)50-43(14-20-53(21-15-43)36-33-8-16-46-35(33)47-30-48-36)37(55)49-34(31-4-6-32(44)7-5-31)9-19-51-24-26-54(27-25-51)38(56)41-10-12-42(13-11-41,58-29-41)28-52-22-17-45-18-23-52/h4-8,16,30,34,45H,9-15,17-29H2,1-3H3,(H,49,55)(H,50,57)(H,46,47,48)/t34-,41?,42?/m0/s1. The first-order valence-corrected chi connectivity index (χ1v) is 21.9. The molecule has 1 saturated carbocycles. The molecule has 2 aromatic heterocycles. The number of benzene rings is 1. The van der Waals surface area contributed by atoms with Crippen molar-refractivity contribution in [1.29, 1.82) is 0 Å². The summed E-state index contributed by atoms with van der Waals surface area (Å²) in [5.74, 6) is 0.786. The molecule has 3 aromatic rings. The van der Waals surface area contributed by atoms with Crippen molar-refractivity contribution in [2.24, 2.45) is 5.41 Å². The molecule has 59 heavy (non-hydrogen) atoms. The molecule has 3 amide bonds. The molecule has 1 aliphatic carbocycles. The third-order valence-corrected chi connectivity index (χ3v) is 13.6.